The molecule has 1 saturated heterocycles. The number of anilines is 2. The molecule has 27 heavy (non-hydrogen) atoms. The van der Waals surface area contributed by atoms with E-state index in [-0.39, 0.29) is 5.91 Å². The monoisotopic (exact) mass is 379 g/mol. The number of nitrogens with zero attached hydrogens (tertiary/aromatic N) is 1. The molecule has 0 atom stereocenters. The third-order valence-electron chi connectivity index (χ3n) is 4.85. The van der Waals surface area contributed by atoms with Crippen molar-refractivity contribution in [2.75, 3.05) is 36.9 Å². The van der Waals surface area contributed by atoms with Crippen LogP contribution in [-0.2, 0) is 9.53 Å². The number of aryl methyl sites for hydroxylation is 1. The van der Waals surface area contributed by atoms with E-state index in [1.165, 1.54) is 0 Å². The highest BCUT2D eigenvalue weighted by molar-refractivity contribution is 7.80. The van der Waals surface area contributed by atoms with E-state index in [9.17, 15) is 4.79 Å². The van der Waals surface area contributed by atoms with Gasteiger partial charge < -0.3 is 20.3 Å². The van der Waals surface area contributed by atoms with Gasteiger partial charge in [0.1, 0.15) is 4.99 Å². The third kappa shape index (κ3) is 3.59. The number of morpholine rings is 1. The number of benzene rings is 2. The van der Waals surface area contributed by atoms with Gasteiger partial charge in [-0.3, -0.25) is 4.79 Å². The molecule has 0 bridgehead atoms. The van der Waals surface area contributed by atoms with Crippen molar-refractivity contribution >= 4 is 40.1 Å². The van der Waals surface area contributed by atoms with Crippen molar-refractivity contribution in [2.45, 2.75) is 6.92 Å². The Kier molecular flexibility index (Phi) is 4.92. The maximum Gasteiger partial charge on any atom is 0.257 e. The lowest BCUT2D eigenvalue weighted by Crippen LogP contribution is -2.40. The summed E-state index contributed by atoms with van der Waals surface area (Å²) in [6.07, 6.45) is 1.77. The molecule has 0 aromatic heterocycles. The molecular formula is C21H21N3O2S. The number of nitrogens with one attached hydrogen (secondary N) is 2. The first-order chi connectivity index (χ1) is 13.1. The van der Waals surface area contributed by atoms with Gasteiger partial charge in [-0.25, -0.2) is 0 Å². The largest absolute Gasteiger partial charge is 0.378 e. The molecule has 1 amide bonds. The van der Waals surface area contributed by atoms with Gasteiger partial charge in [0.05, 0.1) is 18.8 Å². The Bertz CT molecular complexity index is 916. The molecule has 138 valence electrons. The lowest BCUT2D eigenvalue weighted by molar-refractivity contribution is -0.110. The van der Waals surface area contributed by atoms with Crippen LogP contribution >= 0.6 is 12.2 Å². The molecular weight excluding hydrogens is 358 g/mol. The van der Waals surface area contributed by atoms with Crippen molar-refractivity contribution in [3.63, 3.8) is 0 Å². The number of fused-ring (bicyclic) bond motifs is 1. The average Bonchev–Trinajstić information content (AvgIpc) is 3.03. The van der Waals surface area contributed by atoms with Crippen LogP contribution in [0, 0.1) is 6.92 Å². The smallest absolute Gasteiger partial charge is 0.257 e. The number of ether oxygens (including phenoxy) is 1. The van der Waals surface area contributed by atoms with Crippen molar-refractivity contribution in [3.05, 3.63) is 65.4 Å². The molecule has 2 aromatic carbocycles. The van der Waals surface area contributed by atoms with Crippen molar-refractivity contribution in [3.8, 4) is 0 Å². The van der Waals surface area contributed by atoms with Gasteiger partial charge >= 0.3 is 0 Å². The molecule has 0 saturated carbocycles. The van der Waals surface area contributed by atoms with Crippen LogP contribution in [-0.4, -0.2) is 42.1 Å². The Morgan fingerprint density at radius 1 is 1.19 bits per heavy atom. The number of hydrogen-bond acceptors (Lipinski definition) is 4. The fourth-order valence-electron chi connectivity index (χ4n) is 3.38. The van der Waals surface area contributed by atoms with E-state index in [4.69, 9.17) is 17.0 Å². The Hall–Kier alpha value is -2.70. The van der Waals surface area contributed by atoms with Crippen molar-refractivity contribution in [1.82, 2.24) is 4.90 Å². The first kappa shape index (κ1) is 17.7. The van der Waals surface area contributed by atoms with Crippen LogP contribution in [0.3, 0.4) is 0 Å². The van der Waals surface area contributed by atoms with E-state index in [1.807, 2.05) is 49.4 Å². The number of carbonyl (C=O) groups is 1. The first-order valence-electron chi connectivity index (χ1n) is 8.98. The summed E-state index contributed by atoms with van der Waals surface area (Å²) in [6.45, 7) is 5.11. The van der Waals surface area contributed by atoms with Crippen LogP contribution in [0.15, 0.2) is 48.7 Å². The fraction of sp³-hybridized carbons (Fsp3) is 0.238. The number of hydrogen-bond donors (Lipinski definition) is 2. The van der Waals surface area contributed by atoms with Crippen LogP contribution in [0.2, 0.25) is 0 Å². The van der Waals surface area contributed by atoms with Crippen LogP contribution in [0.5, 0.6) is 0 Å². The molecule has 0 aliphatic carbocycles. The first-order valence-corrected chi connectivity index (χ1v) is 9.39. The quantitative estimate of drug-likeness (QED) is 0.632. The van der Waals surface area contributed by atoms with E-state index in [2.05, 4.69) is 15.5 Å². The van der Waals surface area contributed by atoms with Gasteiger partial charge in [0, 0.05) is 41.8 Å². The summed E-state index contributed by atoms with van der Waals surface area (Å²) >= 11 is 5.59. The second-order valence-corrected chi connectivity index (χ2v) is 7.02. The van der Waals surface area contributed by atoms with Gasteiger partial charge in [-0.15, -0.1) is 0 Å². The molecule has 5 nitrogen and oxygen atoms in total. The highest BCUT2D eigenvalue weighted by Gasteiger charge is 2.25. The molecule has 0 unspecified atom stereocenters. The van der Waals surface area contributed by atoms with Crippen molar-refractivity contribution in [1.29, 1.82) is 0 Å². The number of thiocarbonyl (C=S) groups is 1. The van der Waals surface area contributed by atoms with E-state index >= 15 is 0 Å². The molecule has 0 radical (unpaired) electrons. The zero-order valence-corrected chi connectivity index (χ0v) is 15.9. The molecule has 6 heteroatoms. The normalized spacial score (nSPS) is 17.6. The highest BCUT2D eigenvalue weighted by atomic mass is 32.1. The molecule has 2 aliphatic rings. The molecule has 2 aliphatic heterocycles. The van der Waals surface area contributed by atoms with Gasteiger partial charge in [0.25, 0.3) is 5.91 Å². The van der Waals surface area contributed by atoms with E-state index in [0.717, 1.165) is 59.4 Å². The molecule has 2 aromatic rings. The summed E-state index contributed by atoms with van der Waals surface area (Å²) in [7, 11) is 0. The fourth-order valence-corrected chi connectivity index (χ4v) is 3.70. The van der Waals surface area contributed by atoms with Gasteiger partial charge in [0.2, 0.25) is 0 Å². The predicted octanol–water partition coefficient (Wildman–Crippen LogP) is 3.41. The molecule has 1 fully saturated rings. The van der Waals surface area contributed by atoms with E-state index in [1.54, 1.807) is 6.20 Å². The van der Waals surface area contributed by atoms with Crippen LogP contribution in [0.4, 0.5) is 11.4 Å². The molecule has 4 rings (SSSR count). The number of rotatable bonds is 3. The SMILES string of the molecule is Cc1cccc2c1/C(=C\Nc1ccc(C(=S)N3CCOCC3)cc1)C(=O)N2. The highest BCUT2D eigenvalue weighted by Crippen LogP contribution is 2.34. The topological polar surface area (TPSA) is 53.6 Å². The van der Waals surface area contributed by atoms with Crippen LogP contribution in [0.25, 0.3) is 5.57 Å². The summed E-state index contributed by atoms with van der Waals surface area (Å²) in [4.78, 5) is 15.3. The lowest BCUT2D eigenvalue weighted by atomic mass is 10.0. The maximum absolute atomic E-state index is 12.3. The summed E-state index contributed by atoms with van der Waals surface area (Å²) in [6, 6.07) is 13.8. The van der Waals surface area contributed by atoms with Crippen LogP contribution in [0.1, 0.15) is 16.7 Å². The lowest BCUT2D eigenvalue weighted by Gasteiger charge is -2.29. The predicted molar refractivity (Wildman–Crippen MR) is 112 cm³/mol. The zero-order chi connectivity index (χ0) is 18.8. The van der Waals surface area contributed by atoms with Gasteiger partial charge in [-0.05, 0) is 42.8 Å². The van der Waals surface area contributed by atoms with Crippen LogP contribution < -0.4 is 10.6 Å². The summed E-state index contributed by atoms with van der Waals surface area (Å²) in [5.41, 5.74) is 5.47. The zero-order valence-electron chi connectivity index (χ0n) is 15.1. The summed E-state index contributed by atoms with van der Waals surface area (Å²) in [5, 5.41) is 6.14. The number of amides is 1. The molecule has 0 spiro atoms. The minimum absolute atomic E-state index is 0.0862. The minimum atomic E-state index is -0.0862. The Balaban J connectivity index is 1.49. The second kappa shape index (κ2) is 7.50. The van der Waals surface area contributed by atoms with Crippen molar-refractivity contribution < 1.29 is 9.53 Å². The standard InChI is InChI=1S/C21H21N3O2S/c1-14-3-2-4-18-19(14)17(20(25)23-18)13-22-16-7-5-15(6-8-16)21(27)24-9-11-26-12-10-24/h2-8,13,22H,9-12H2,1H3,(H,23,25)/b17-13+. The van der Waals surface area contributed by atoms with E-state index in [0.29, 0.717) is 5.57 Å². The Morgan fingerprint density at radius 2 is 1.93 bits per heavy atom. The maximum atomic E-state index is 12.3. The number of carbonyl (C=O) groups excluding carboxylic acids is 1. The summed E-state index contributed by atoms with van der Waals surface area (Å²) < 4.78 is 5.38. The average molecular weight is 379 g/mol. The second-order valence-electron chi connectivity index (χ2n) is 6.64. The van der Waals surface area contributed by atoms with Gasteiger partial charge in [-0.2, -0.15) is 0 Å². The molecule has 2 heterocycles. The Morgan fingerprint density at radius 3 is 2.67 bits per heavy atom. The van der Waals surface area contributed by atoms with E-state index < -0.39 is 0 Å². The minimum Gasteiger partial charge on any atom is -0.378 e. The van der Waals surface area contributed by atoms with Gasteiger partial charge in [0.15, 0.2) is 0 Å². The summed E-state index contributed by atoms with van der Waals surface area (Å²) in [5.74, 6) is -0.0862. The third-order valence-corrected chi connectivity index (χ3v) is 5.34. The van der Waals surface area contributed by atoms with Crippen molar-refractivity contribution in [2.24, 2.45) is 0 Å². The van der Waals surface area contributed by atoms with Gasteiger partial charge in [-0.1, -0.05) is 24.4 Å². The Labute approximate surface area is 164 Å². The molecule has 2 N–H and O–H groups in total.